The van der Waals surface area contributed by atoms with Gasteiger partial charge in [-0.1, -0.05) is 35.9 Å². The SMILES string of the molecule is CCOc1cccc(CC(CN)c2ccc(C)cc2C)c1OC. The van der Waals surface area contributed by atoms with Crippen LogP contribution >= 0.6 is 0 Å². The third-order valence-electron chi connectivity index (χ3n) is 4.18. The van der Waals surface area contributed by atoms with Gasteiger partial charge in [-0.15, -0.1) is 0 Å². The minimum absolute atomic E-state index is 0.265. The summed E-state index contributed by atoms with van der Waals surface area (Å²) in [5, 5.41) is 0. The Hall–Kier alpha value is -2.00. The van der Waals surface area contributed by atoms with Crippen molar-refractivity contribution in [2.45, 2.75) is 33.1 Å². The molecule has 0 aromatic heterocycles. The maximum absolute atomic E-state index is 6.08. The summed E-state index contributed by atoms with van der Waals surface area (Å²) in [5.41, 5.74) is 11.1. The van der Waals surface area contributed by atoms with E-state index in [2.05, 4.69) is 38.1 Å². The number of hydrogen-bond acceptors (Lipinski definition) is 3. The van der Waals surface area contributed by atoms with E-state index < -0.39 is 0 Å². The molecule has 23 heavy (non-hydrogen) atoms. The van der Waals surface area contributed by atoms with E-state index >= 15 is 0 Å². The van der Waals surface area contributed by atoms with E-state index in [0.29, 0.717) is 13.2 Å². The Morgan fingerprint density at radius 3 is 2.52 bits per heavy atom. The Labute approximate surface area is 139 Å². The number of rotatable bonds is 7. The van der Waals surface area contributed by atoms with Crippen molar-refractivity contribution in [3.05, 3.63) is 58.7 Å². The van der Waals surface area contributed by atoms with Gasteiger partial charge in [0.05, 0.1) is 13.7 Å². The smallest absolute Gasteiger partial charge is 0.163 e. The summed E-state index contributed by atoms with van der Waals surface area (Å²) in [7, 11) is 1.69. The highest BCUT2D eigenvalue weighted by atomic mass is 16.5. The fourth-order valence-corrected chi connectivity index (χ4v) is 3.09. The lowest BCUT2D eigenvalue weighted by Gasteiger charge is -2.20. The van der Waals surface area contributed by atoms with Crippen LogP contribution in [0.4, 0.5) is 0 Å². The number of nitrogens with two attached hydrogens (primary N) is 1. The number of aryl methyl sites for hydroxylation is 2. The van der Waals surface area contributed by atoms with Crippen molar-refractivity contribution in [2.24, 2.45) is 5.73 Å². The van der Waals surface area contributed by atoms with Crippen molar-refractivity contribution in [3.8, 4) is 11.5 Å². The second kappa shape index (κ2) is 8.02. The van der Waals surface area contributed by atoms with Gasteiger partial charge in [0.25, 0.3) is 0 Å². The zero-order valence-corrected chi connectivity index (χ0v) is 14.6. The molecule has 2 rings (SSSR count). The molecule has 3 heteroatoms. The van der Waals surface area contributed by atoms with E-state index in [1.807, 2.05) is 19.1 Å². The normalized spacial score (nSPS) is 12.0. The van der Waals surface area contributed by atoms with Crippen LogP contribution in [0.3, 0.4) is 0 Å². The maximum atomic E-state index is 6.08. The molecule has 0 saturated heterocycles. The van der Waals surface area contributed by atoms with Gasteiger partial charge in [0.1, 0.15) is 0 Å². The van der Waals surface area contributed by atoms with Gasteiger partial charge in [-0.3, -0.25) is 0 Å². The lowest BCUT2D eigenvalue weighted by atomic mass is 9.88. The third kappa shape index (κ3) is 4.05. The van der Waals surface area contributed by atoms with Crippen LogP contribution in [0.15, 0.2) is 36.4 Å². The van der Waals surface area contributed by atoms with Gasteiger partial charge in [-0.25, -0.2) is 0 Å². The molecule has 0 spiro atoms. The molecule has 1 atom stereocenters. The Bertz CT molecular complexity index is 652. The molecule has 0 aliphatic rings. The molecular weight excluding hydrogens is 286 g/mol. The molecule has 0 aliphatic heterocycles. The first-order chi connectivity index (χ1) is 11.1. The monoisotopic (exact) mass is 313 g/mol. The summed E-state index contributed by atoms with van der Waals surface area (Å²) in [6.45, 7) is 7.47. The first-order valence-corrected chi connectivity index (χ1v) is 8.16. The van der Waals surface area contributed by atoms with E-state index in [1.54, 1.807) is 7.11 Å². The third-order valence-corrected chi connectivity index (χ3v) is 4.18. The van der Waals surface area contributed by atoms with Crippen LogP contribution in [0.5, 0.6) is 11.5 Å². The first-order valence-electron chi connectivity index (χ1n) is 8.16. The van der Waals surface area contributed by atoms with Crippen LogP contribution in [0.1, 0.15) is 35.1 Å². The van der Waals surface area contributed by atoms with Crippen molar-refractivity contribution in [3.63, 3.8) is 0 Å². The summed E-state index contributed by atoms with van der Waals surface area (Å²) in [6.07, 6.45) is 0.838. The second-order valence-corrected chi connectivity index (χ2v) is 5.88. The van der Waals surface area contributed by atoms with Gasteiger partial charge in [0.2, 0.25) is 0 Å². The van der Waals surface area contributed by atoms with E-state index in [9.17, 15) is 0 Å². The van der Waals surface area contributed by atoms with Gasteiger partial charge in [-0.05, 0) is 56.5 Å². The summed E-state index contributed by atoms with van der Waals surface area (Å²) in [5.74, 6) is 1.88. The second-order valence-electron chi connectivity index (χ2n) is 5.88. The summed E-state index contributed by atoms with van der Waals surface area (Å²) >= 11 is 0. The van der Waals surface area contributed by atoms with E-state index in [-0.39, 0.29) is 5.92 Å². The Morgan fingerprint density at radius 1 is 1.13 bits per heavy atom. The predicted molar refractivity (Wildman–Crippen MR) is 95.6 cm³/mol. The minimum Gasteiger partial charge on any atom is -0.493 e. The Morgan fingerprint density at radius 2 is 1.91 bits per heavy atom. The molecule has 2 N–H and O–H groups in total. The molecule has 0 aliphatic carbocycles. The van der Waals surface area contributed by atoms with Crippen LogP contribution in [-0.2, 0) is 6.42 Å². The van der Waals surface area contributed by atoms with Gasteiger partial charge >= 0.3 is 0 Å². The summed E-state index contributed by atoms with van der Waals surface area (Å²) < 4.78 is 11.3. The molecule has 0 heterocycles. The van der Waals surface area contributed by atoms with Gasteiger partial charge in [0, 0.05) is 5.92 Å². The highest BCUT2D eigenvalue weighted by Crippen LogP contribution is 2.34. The van der Waals surface area contributed by atoms with Crippen molar-refractivity contribution >= 4 is 0 Å². The molecule has 0 fully saturated rings. The van der Waals surface area contributed by atoms with Crippen LogP contribution in [0, 0.1) is 13.8 Å². The molecule has 3 nitrogen and oxygen atoms in total. The molecule has 0 amide bonds. The molecule has 2 aromatic rings. The van der Waals surface area contributed by atoms with E-state index in [4.69, 9.17) is 15.2 Å². The number of benzene rings is 2. The number of ether oxygens (including phenoxy) is 2. The standard InChI is InChI=1S/C20H27NO2/c1-5-23-19-8-6-7-16(20(19)22-4)12-17(13-21)18-10-9-14(2)11-15(18)3/h6-11,17H,5,12-13,21H2,1-4H3. The largest absolute Gasteiger partial charge is 0.493 e. The maximum Gasteiger partial charge on any atom is 0.163 e. The first kappa shape index (κ1) is 17.4. The highest BCUT2D eigenvalue weighted by molar-refractivity contribution is 5.48. The lowest BCUT2D eigenvalue weighted by Crippen LogP contribution is -2.16. The topological polar surface area (TPSA) is 44.5 Å². The average molecular weight is 313 g/mol. The molecule has 0 bridgehead atoms. The molecule has 0 saturated carbocycles. The van der Waals surface area contributed by atoms with Crippen LogP contribution in [-0.4, -0.2) is 20.3 Å². The molecular formula is C20H27NO2. The number of para-hydroxylation sites is 1. The fraction of sp³-hybridized carbons (Fsp3) is 0.400. The zero-order valence-electron chi connectivity index (χ0n) is 14.6. The Balaban J connectivity index is 2.33. The van der Waals surface area contributed by atoms with Crippen LogP contribution < -0.4 is 15.2 Å². The Kier molecular flexibility index (Phi) is 6.05. The molecule has 124 valence electrons. The van der Waals surface area contributed by atoms with Gasteiger partial charge in [0.15, 0.2) is 11.5 Å². The fourth-order valence-electron chi connectivity index (χ4n) is 3.09. The number of methoxy groups -OCH3 is 1. The minimum atomic E-state index is 0.265. The predicted octanol–water partition coefficient (Wildman–Crippen LogP) is 4.00. The van der Waals surface area contributed by atoms with Gasteiger partial charge < -0.3 is 15.2 Å². The van der Waals surface area contributed by atoms with Gasteiger partial charge in [-0.2, -0.15) is 0 Å². The average Bonchev–Trinajstić information content (AvgIpc) is 2.53. The van der Waals surface area contributed by atoms with E-state index in [1.165, 1.54) is 16.7 Å². The highest BCUT2D eigenvalue weighted by Gasteiger charge is 2.17. The van der Waals surface area contributed by atoms with Crippen molar-refractivity contribution in [1.29, 1.82) is 0 Å². The quantitative estimate of drug-likeness (QED) is 0.840. The van der Waals surface area contributed by atoms with Crippen molar-refractivity contribution < 1.29 is 9.47 Å². The molecule has 2 aromatic carbocycles. The molecule has 1 unspecified atom stereocenters. The lowest BCUT2D eigenvalue weighted by molar-refractivity contribution is 0.309. The summed E-state index contributed by atoms with van der Waals surface area (Å²) in [4.78, 5) is 0. The zero-order chi connectivity index (χ0) is 16.8. The van der Waals surface area contributed by atoms with Crippen molar-refractivity contribution in [1.82, 2.24) is 0 Å². The van der Waals surface area contributed by atoms with E-state index in [0.717, 1.165) is 23.5 Å². The van der Waals surface area contributed by atoms with Crippen LogP contribution in [0.2, 0.25) is 0 Å². The van der Waals surface area contributed by atoms with Crippen molar-refractivity contribution in [2.75, 3.05) is 20.3 Å². The number of hydrogen-bond donors (Lipinski definition) is 1. The summed E-state index contributed by atoms with van der Waals surface area (Å²) in [6, 6.07) is 12.6. The van der Waals surface area contributed by atoms with Crippen LogP contribution in [0.25, 0.3) is 0 Å². The molecule has 0 radical (unpaired) electrons.